The third kappa shape index (κ3) is 2.41. The van der Waals surface area contributed by atoms with E-state index in [1.54, 1.807) is 0 Å². The van der Waals surface area contributed by atoms with Gasteiger partial charge < -0.3 is 44.5 Å². The highest BCUT2D eigenvalue weighted by Crippen LogP contribution is 2.36. The molecule has 10 unspecified atom stereocenters. The summed E-state index contributed by atoms with van der Waals surface area (Å²) in [6.45, 7) is 1.53. The Morgan fingerprint density at radius 3 is 1.82 bits per heavy atom. The second-order valence-corrected chi connectivity index (χ2v) is 5.64. The Balaban J connectivity index is 1.80. The van der Waals surface area contributed by atoms with Crippen LogP contribution >= 0.6 is 0 Å². The predicted molar refractivity (Wildman–Crippen MR) is 64.4 cm³/mol. The molecular weight excluding hydrogens is 304 g/mol. The number of rotatable bonds is 1. The molecule has 3 heterocycles. The molecule has 5 N–H and O–H groups in total. The van der Waals surface area contributed by atoms with Crippen LogP contribution in [0.15, 0.2) is 0 Å². The van der Waals surface area contributed by atoms with Crippen molar-refractivity contribution in [2.24, 2.45) is 0 Å². The van der Waals surface area contributed by atoms with Gasteiger partial charge in [-0.1, -0.05) is 0 Å². The van der Waals surface area contributed by atoms with Gasteiger partial charge in [0.2, 0.25) is 0 Å². The normalized spacial score (nSPS) is 55.1. The molecule has 3 fully saturated rings. The summed E-state index contributed by atoms with van der Waals surface area (Å²) in [7, 11) is 0. The Morgan fingerprint density at radius 2 is 1.27 bits per heavy atom. The topological polar surface area (TPSA) is 155 Å². The number of aliphatic hydroxyl groups is 4. The maximum atomic E-state index is 11.0. The summed E-state index contributed by atoms with van der Waals surface area (Å²) in [4.78, 5) is 11.0. The Kier molecular flexibility index (Phi) is 4.12. The second kappa shape index (κ2) is 5.65. The van der Waals surface area contributed by atoms with E-state index >= 15 is 0 Å². The zero-order valence-electron chi connectivity index (χ0n) is 11.6. The highest BCUT2D eigenvalue weighted by Gasteiger charge is 2.57. The molecule has 3 aliphatic heterocycles. The molecule has 0 aliphatic carbocycles. The van der Waals surface area contributed by atoms with Crippen LogP contribution in [0.25, 0.3) is 0 Å². The Bertz CT molecular complexity index is 444. The van der Waals surface area contributed by atoms with Gasteiger partial charge in [-0.2, -0.15) is 0 Å². The van der Waals surface area contributed by atoms with Crippen molar-refractivity contribution in [3.8, 4) is 0 Å². The fourth-order valence-electron chi connectivity index (χ4n) is 2.86. The van der Waals surface area contributed by atoms with E-state index in [0.717, 1.165) is 0 Å². The van der Waals surface area contributed by atoms with Crippen molar-refractivity contribution in [2.45, 2.75) is 68.3 Å². The molecule has 0 radical (unpaired) electrons. The monoisotopic (exact) mass is 322 g/mol. The molecule has 10 nitrogen and oxygen atoms in total. The SMILES string of the molecule is CC1OC2OC3C(OC(C(=O)O)C(O)C3O)OC2C(O)C1O. The van der Waals surface area contributed by atoms with Crippen molar-refractivity contribution in [2.75, 3.05) is 0 Å². The van der Waals surface area contributed by atoms with E-state index in [4.69, 9.17) is 24.1 Å². The molecule has 10 heteroatoms. The highest BCUT2D eigenvalue weighted by molar-refractivity contribution is 5.73. The van der Waals surface area contributed by atoms with Crippen LogP contribution in [0, 0.1) is 0 Å². The molecule has 0 amide bonds. The number of aliphatic carboxylic acids is 1. The highest BCUT2D eigenvalue weighted by atomic mass is 16.8. The first-order valence-electron chi connectivity index (χ1n) is 6.88. The van der Waals surface area contributed by atoms with Gasteiger partial charge in [-0.25, -0.2) is 4.79 Å². The summed E-state index contributed by atoms with van der Waals surface area (Å²) in [6, 6.07) is 0. The molecule has 0 spiro atoms. The zero-order valence-corrected chi connectivity index (χ0v) is 11.6. The van der Waals surface area contributed by atoms with Crippen molar-refractivity contribution in [1.82, 2.24) is 0 Å². The van der Waals surface area contributed by atoms with Crippen LogP contribution in [0.2, 0.25) is 0 Å². The molecule has 3 rings (SSSR count). The minimum absolute atomic E-state index is 0.727. The molecule has 0 aromatic rings. The van der Waals surface area contributed by atoms with Crippen LogP contribution in [0.1, 0.15) is 6.92 Å². The lowest BCUT2D eigenvalue weighted by molar-refractivity contribution is -0.425. The number of carboxylic acids is 1. The number of carbonyl (C=O) groups is 1. The minimum atomic E-state index is -1.70. The predicted octanol–water partition coefficient (Wildman–Crippen LogP) is -3.23. The molecule has 0 aromatic heterocycles. The molecular formula is C12H18O10. The number of carboxylic acid groups (broad SMARTS) is 1. The van der Waals surface area contributed by atoms with Gasteiger partial charge in [0.15, 0.2) is 18.7 Å². The summed E-state index contributed by atoms with van der Waals surface area (Å²) in [5.41, 5.74) is 0. The largest absolute Gasteiger partial charge is 0.479 e. The van der Waals surface area contributed by atoms with E-state index in [2.05, 4.69) is 0 Å². The lowest BCUT2D eigenvalue weighted by Crippen LogP contribution is -2.70. The fraction of sp³-hybridized carbons (Fsp3) is 0.917. The lowest BCUT2D eigenvalue weighted by Gasteiger charge is -2.51. The van der Waals surface area contributed by atoms with E-state index < -0.39 is 67.4 Å². The maximum absolute atomic E-state index is 11.0. The van der Waals surface area contributed by atoms with E-state index in [0.29, 0.717) is 0 Å². The standard InChI is InChI=1S/C12H18O10/c1-2-3(13)4(14)8-11(19-2)21-9-6(16)5(15)7(10(17)18)20-12(9)22-8/h2-9,11-16H,1H3,(H,17,18). The summed E-state index contributed by atoms with van der Waals surface area (Å²) in [5.74, 6) is -1.47. The van der Waals surface area contributed by atoms with Gasteiger partial charge in [0.05, 0.1) is 6.10 Å². The smallest absolute Gasteiger partial charge is 0.335 e. The minimum Gasteiger partial charge on any atom is -0.479 e. The molecule has 10 atom stereocenters. The molecule has 0 aromatic carbocycles. The lowest BCUT2D eigenvalue weighted by atomic mass is 9.95. The van der Waals surface area contributed by atoms with Crippen LogP contribution in [-0.2, 0) is 23.7 Å². The number of hydrogen-bond acceptors (Lipinski definition) is 9. The third-order valence-corrected chi connectivity index (χ3v) is 4.16. The molecule has 0 saturated carbocycles. The van der Waals surface area contributed by atoms with Crippen LogP contribution in [0.4, 0.5) is 0 Å². The van der Waals surface area contributed by atoms with Crippen molar-refractivity contribution >= 4 is 5.97 Å². The Morgan fingerprint density at radius 1 is 0.773 bits per heavy atom. The van der Waals surface area contributed by atoms with E-state index in [1.165, 1.54) is 6.92 Å². The van der Waals surface area contributed by atoms with Crippen molar-refractivity contribution < 1.29 is 49.3 Å². The fourth-order valence-corrected chi connectivity index (χ4v) is 2.86. The third-order valence-electron chi connectivity index (χ3n) is 4.16. The second-order valence-electron chi connectivity index (χ2n) is 5.64. The number of ether oxygens (including phenoxy) is 4. The molecule has 3 aliphatic rings. The van der Waals surface area contributed by atoms with E-state index in [1.807, 2.05) is 0 Å². The summed E-state index contributed by atoms with van der Waals surface area (Å²) in [6.07, 6.45) is -12.9. The van der Waals surface area contributed by atoms with Crippen molar-refractivity contribution in [3.63, 3.8) is 0 Å². The molecule has 0 bridgehead atoms. The Hall–Kier alpha value is -0.850. The first-order chi connectivity index (χ1) is 10.3. The van der Waals surface area contributed by atoms with Crippen molar-refractivity contribution in [1.29, 1.82) is 0 Å². The number of aliphatic hydroxyl groups excluding tert-OH is 4. The van der Waals surface area contributed by atoms with Gasteiger partial charge in [0.25, 0.3) is 0 Å². The first-order valence-corrected chi connectivity index (χ1v) is 6.88. The molecule has 22 heavy (non-hydrogen) atoms. The van der Waals surface area contributed by atoms with E-state index in [9.17, 15) is 25.2 Å². The zero-order chi connectivity index (χ0) is 16.2. The van der Waals surface area contributed by atoms with Crippen LogP contribution < -0.4 is 0 Å². The first kappa shape index (κ1) is 16.0. The summed E-state index contributed by atoms with van der Waals surface area (Å²) >= 11 is 0. The Labute approximate surface area is 124 Å². The number of fused-ring (bicyclic) bond motifs is 2. The van der Waals surface area contributed by atoms with Crippen LogP contribution in [0.3, 0.4) is 0 Å². The maximum Gasteiger partial charge on any atom is 0.335 e. The van der Waals surface area contributed by atoms with Gasteiger partial charge in [0, 0.05) is 0 Å². The average Bonchev–Trinajstić information content (AvgIpc) is 2.47. The quantitative estimate of drug-likeness (QED) is 0.333. The molecule has 126 valence electrons. The van der Waals surface area contributed by atoms with Gasteiger partial charge >= 0.3 is 5.97 Å². The van der Waals surface area contributed by atoms with Crippen molar-refractivity contribution in [3.05, 3.63) is 0 Å². The average molecular weight is 322 g/mol. The van der Waals surface area contributed by atoms with Gasteiger partial charge in [0.1, 0.15) is 36.6 Å². The van der Waals surface area contributed by atoms with Crippen LogP contribution in [-0.4, -0.2) is 92.9 Å². The van der Waals surface area contributed by atoms with E-state index in [-0.39, 0.29) is 0 Å². The molecule has 3 saturated heterocycles. The van der Waals surface area contributed by atoms with Crippen LogP contribution in [0.5, 0.6) is 0 Å². The van der Waals surface area contributed by atoms with Gasteiger partial charge in [-0.3, -0.25) is 0 Å². The number of hydrogen-bond donors (Lipinski definition) is 5. The summed E-state index contributed by atoms with van der Waals surface area (Å²) in [5, 5.41) is 48.5. The van der Waals surface area contributed by atoms with Gasteiger partial charge in [-0.05, 0) is 6.92 Å². The summed E-state index contributed by atoms with van der Waals surface area (Å²) < 4.78 is 21.3. The van der Waals surface area contributed by atoms with Gasteiger partial charge in [-0.15, -0.1) is 0 Å².